The molecule has 1 aromatic carbocycles. The van der Waals surface area contributed by atoms with Gasteiger partial charge in [-0.1, -0.05) is 54.8 Å². The summed E-state index contributed by atoms with van der Waals surface area (Å²) in [4.78, 5) is 12.6. The van der Waals surface area contributed by atoms with Crippen molar-refractivity contribution in [3.05, 3.63) is 53.1 Å². The molecule has 0 amide bonds. The Morgan fingerprint density at radius 2 is 1.73 bits per heavy atom. The van der Waals surface area contributed by atoms with Crippen LogP contribution in [0.1, 0.15) is 71.8 Å². The number of carbonyl (C=O) groups is 1. The Labute approximate surface area is 238 Å². The summed E-state index contributed by atoms with van der Waals surface area (Å²) >= 11 is 0. The molecule has 0 radical (unpaired) electrons. The molecule has 5 aliphatic rings. The summed E-state index contributed by atoms with van der Waals surface area (Å²) in [5.41, 5.74) is 3.18. The zero-order valence-corrected chi connectivity index (χ0v) is 25.1. The van der Waals surface area contributed by atoms with E-state index in [0.29, 0.717) is 37.9 Å². The number of hydrogen-bond donors (Lipinski definition) is 0. The van der Waals surface area contributed by atoms with Gasteiger partial charge in [0.15, 0.2) is 5.79 Å². The lowest BCUT2D eigenvalue weighted by atomic mass is 9.47. The van der Waals surface area contributed by atoms with E-state index in [-0.39, 0.29) is 39.8 Å². The highest BCUT2D eigenvalue weighted by Gasteiger charge is 2.64. The molecule has 1 heterocycles. The molecule has 7 atom stereocenters. The van der Waals surface area contributed by atoms with Crippen molar-refractivity contribution in [1.82, 2.24) is 0 Å². The fourth-order valence-electron chi connectivity index (χ4n) is 8.82. The third-order valence-electron chi connectivity index (χ3n) is 10.9. The average Bonchev–Trinajstić information content (AvgIpc) is 3.49. The van der Waals surface area contributed by atoms with Crippen LogP contribution in [0.25, 0.3) is 0 Å². The Morgan fingerprint density at radius 1 is 1.02 bits per heavy atom. The fraction of sp³-hybridized carbons (Fsp3) is 0.656. The second kappa shape index (κ2) is 9.79. The van der Waals surface area contributed by atoms with Gasteiger partial charge in [-0.15, -0.1) is 0 Å². The number of ether oxygens (including phenoxy) is 3. The lowest BCUT2D eigenvalue weighted by molar-refractivity contribution is -0.223. The largest absolute Gasteiger partial charge is 0.462 e. The molecule has 3 fully saturated rings. The number of allylic oxidation sites excluding steroid dienone is 2. The van der Waals surface area contributed by atoms with Gasteiger partial charge in [-0.25, -0.2) is 0 Å². The number of aryl methyl sites for hydroxylation is 1. The van der Waals surface area contributed by atoms with E-state index < -0.39 is 15.9 Å². The summed E-state index contributed by atoms with van der Waals surface area (Å²) in [7, 11) is -3.84. The Hall–Kier alpha value is -2.00. The van der Waals surface area contributed by atoms with E-state index >= 15 is 0 Å². The first-order valence-corrected chi connectivity index (χ1v) is 16.1. The monoisotopic (exact) mass is 570 g/mol. The first kappa shape index (κ1) is 28.1. The second-order valence-electron chi connectivity index (χ2n) is 13.1. The van der Waals surface area contributed by atoms with Crippen molar-refractivity contribution in [3.63, 3.8) is 0 Å². The number of carbonyl (C=O) groups excluding carboxylic acids is 1. The molecule has 4 aliphatic carbocycles. The number of fused-ring (bicyclic) bond motifs is 5. The highest BCUT2D eigenvalue weighted by molar-refractivity contribution is 7.86. The van der Waals surface area contributed by atoms with Gasteiger partial charge in [-0.05, 0) is 81.8 Å². The van der Waals surface area contributed by atoms with E-state index in [4.69, 9.17) is 18.4 Å². The quantitative estimate of drug-likeness (QED) is 0.248. The van der Waals surface area contributed by atoms with Crippen molar-refractivity contribution < 1.29 is 31.6 Å². The van der Waals surface area contributed by atoms with Gasteiger partial charge in [0.1, 0.15) is 6.10 Å². The lowest BCUT2D eigenvalue weighted by Crippen LogP contribution is -2.58. The second-order valence-corrected chi connectivity index (χ2v) is 14.7. The predicted molar refractivity (Wildman–Crippen MR) is 150 cm³/mol. The first-order chi connectivity index (χ1) is 18.9. The van der Waals surface area contributed by atoms with Crippen LogP contribution in [0.4, 0.5) is 0 Å². The normalized spacial score (nSPS) is 38.5. The number of rotatable bonds is 5. The van der Waals surface area contributed by atoms with Crippen molar-refractivity contribution in [2.45, 2.75) is 96.0 Å². The Kier molecular flexibility index (Phi) is 6.88. The first-order valence-electron chi connectivity index (χ1n) is 14.7. The zero-order valence-electron chi connectivity index (χ0n) is 24.3. The smallest absolute Gasteiger partial charge is 0.302 e. The van der Waals surface area contributed by atoms with E-state index in [2.05, 4.69) is 26.0 Å². The molecule has 1 saturated heterocycles. The molecular formula is C32H42O7S. The maximum Gasteiger partial charge on any atom is 0.302 e. The molecule has 4 unspecified atom stereocenters. The van der Waals surface area contributed by atoms with Crippen LogP contribution in [-0.4, -0.2) is 45.6 Å². The highest BCUT2D eigenvalue weighted by atomic mass is 32.2. The molecule has 1 aliphatic heterocycles. The summed E-state index contributed by atoms with van der Waals surface area (Å²) in [6.07, 6.45) is 8.66. The number of esters is 1. The average molecular weight is 571 g/mol. The maximum atomic E-state index is 13.0. The van der Waals surface area contributed by atoms with E-state index in [9.17, 15) is 13.2 Å². The van der Waals surface area contributed by atoms with Crippen molar-refractivity contribution in [3.8, 4) is 0 Å². The molecule has 0 bridgehead atoms. The fourth-order valence-corrected chi connectivity index (χ4v) is 9.92. The van der Waals surface area contributed by atoms with E-state index in [1.165, 1.54) is 18.1 Å². The van der Waals surface area contributed by atoms with Gasteiger partial charge in [-0.3, -0.25) is 8.98 Å². The predicted octanol–water partition coefficient (Wildman–Crippen LogP) is 5.87. The summed E-state index contributed by atoms with van der Waals surface area (Å²) in [5.74, 6) is -0.256. The van der Waals surface area contributed by atoms with Gasteiger partial charge in [0.25, 0.3) is 10.1 Å². The van der Waals surface area contributed by atoms with Crippen LogP contribution in [0.2, 0.25) is 0 Å². The molecule has 0 N–H and O–H groups in total. The maximum absolute atomic E-state index is 13.0. The molecule has 0 aromatic heterocycles. The van der Waals surface area contributed by atoms with Gasteiger partial charge < -0.3 is 14.2 Å². The molecule has 1 aromatic rings. The van der Waals surface area contributed by atoms with E-state index in [1.54, 1.807) is 24.3 Å². The molecular weight excluding hydrogens is 528 g/mol. The lowest BCUT2D eigenvalue weighted by Gasteiger charge is -2.59. The highest BCUT2D eigenvalue weighted by Crippen LogP contribution is 2.67. The van der Waals surface area contributed by atoms with E-state index in [1.807, 2.05) is 13.8 Å². The van der Waals surface area contributed by atoms with Crippen LogP contribution in [0.15, 0.2) is 52.5 Å². The van der Waals surface area contributed by atoms with Crippen molar-refractivity contribution >= 4 is 16.1 Å². The van der Waals surface area contributed by atoms with Crippen molar-refractivity contribution in [2.75, 3.05) is 13.2 Å². The summed E-state index contributed by atoms with van der Waals surface area (Å²) in [5, 5.41) is 0. The minimum absolute atomic E-state index is 0.0668. The molecule has 2 saturated carbocycles. The van der Waals surface area contributed by atoms with Gasteiger partial charge in [0.2, 0.25) is 0 Å². The van der Waals surface area contributed by atoms with Gasteiger partial charge >= 0.3 is 5.97 Å². The van der Waals surface area contributed by atoms with Gasteiger partial charge in [-0.2, -0.15) is 8.42 Å². The minimum atomic E-state index is -3.84. The number of benzene rings is 1. The third kappa shape index (κ3) is 4.41. The Morgan fingerprint density at radius 3 is 2.40 bits per heavy atom. The third-order valence-corrected chi connectivity index (χ3v) is 12.3. The topological polar surface area (TPSA) is 88.1 Å². The molecule has 8 heteroatoms. The van der Waals surface area contributed by atoms with Crippen molar-refractivity contribution in [1.29, 1.82) is 0 Å². The van der Waals surface area contributed by atoms with E-state index in [0.717, 1.165) is 31.2 Å². The summed E-state index contributed by atoms with van der Waals surface area (Å²) in [6, 6.07) is 6.81. The molecule has 6 rings (SSSR count). The van der Waals surface area contributed by atoms with Gasteiger partial charge in [0, 0.05) is 18.3 Å². The SMILES string of the molecule is CC(=O)O[C@@H]1CC2C(CC=C3CC(OS(=O)(=O)c4ccc(C)cc4)CC[C@@]32C)C2=CCC(C3(C)OCCO3)[C@]21C. The molecule has 40 heavy (non-hydrogen) atoms. The minimum Gasteiger partial charge on any atom is -0.462 e. The molecule has 7 nitrogen and oxygen atoms in total. The molecule has 0 spiro atoms. The van der Waals surface area contributed by atoms with Gasteiger partial charge in [0.05, 0.1) is 24.2 Å². The zero-order chi connectivity index (χ0) is 28.5. The summed E-state index contributed by atoms with van der Waals surface area (Å²) in [6.45, 7) is 11.2. The van der Waals surface area contributed by atoms with Crippen LogP contribution in [0, 0.1) is 35.5 Å². The van der Waals surface area contributed by atoms with Crippen LogP contribution >= 0.6 is 0 Å². The van der Waals surface area contributed by atoms with Crippen molar-refractivity contribution in [2.24, 2.45) is 28.6 Å². The standard InChI is InChI=1S/C32H42O7S/c1-20-6-9-24(10-7-20)40(34,35)39-23-14-15-30(3)22(18-23)8-11-25-26-12-13-28(32(5)36-16-17-37-32)31(26,4)29(19-27(25)30)38-21(2)33/h6-10,12,23,25,27-29H,11,13-19H2,1-5H3/t23?,25?,27?,28?,29-,30+,31+/m1/s1. The van der Waals surface area contributed by atoms with Crippen LogP contribution in [-0.2, 0) is 33.3 Å². The van der Waals surface area contributed by atoms with Crippen LogP contribution in [0.3, 0.4) is 0 Å². The number of hydrogen-bond acceptors (Lipinski definition) is 7. The summed E-state index contributed by atoms with van der Waals surface area (Å²) < 4.78 is 50.3. The Balaban J connectivity index is 1.27. The van der Waals surface area contributed by atoms with Crippen LogP contribution < -0.4 is 0 Å². The Bertz CT molecular complexity index is 1340. The molecule has 218 valence electrons. The van der Waals surface area contributed by atoms with Crippen LogP contribution in [0.5, 0.6) is 0 Å².